The molecule has 0 rings (SSSR count). The predicted octanol–water partition coefficient (Wildman–Crippen LogP) is 3.13. The lowest BCUT2D eigenvalue weighted by molar-refractivity contribution is 0.171. The topological polar surface area (TPSA) is 15.3 Å². The molecule has 0 heterocycles. The van der Waals surface area contributed by atoms with Gasteiger partial charge < -0.3 is 5.32 Å². The molecule has 0 bridgehead atoms. The minimum absolute atomic E-state index is 0.636. The molecule has 0 aromatic carbocycles. The zero-order valence-corrected chi connectivity index (χ0v) is 12.2. The molecule has 0 radical (unpaired) electrons. The van der Waals surface area contributed by atoms with Crippen molar-refractivity contribution in [3.63, 3.8) is 0 Å². The van der Waals surface area contributed by atoms with Crippen molar-refractivity contribution < 1.29 is 0 Å². The minimum atomic E-state index is 0.636. The molecule has 0 aliphatic heterocycles. The molecular weight excluding hydrogens is 196 g/mol. The smallest absolute Gasteiger partial charge is 0.0192 e. The van der Waals surface area contributed by atoms with E-state index in [0.29, 0.717) is 6.04 Å². The van der Waals surface area contributed by atoms with Crippen LogP contribution in [0, 0.1) is 5.92 Å². The zero-order valence-electron chi connectivity index (χ0n) is 12.2. The van der Waals surface area contributed by atoms with Gasteiger partial charge in [0.2, 0.25) is 0 Å². The van der Waals surface area contributed by atoms with Crippen molar-refractivity contribution in [1.82, 2.24) is 10.2 Å². The zero-order chi connectivity index (χ0) is 12.6. The number of hydrogen-bond donors (Lipinski definition) is 1. The lowest BCUT2D eigenvalue weighted by atomic mass is 10.1. The summed E-state index contributed by atoms with van der Waals surface area (Å²) in [6, 6.07) is 1.37. The van der Waals surface area contributed by atoms with Crippen molar-refractivity contribution in [1.29, 1.82) is 0 Å². The van der Waals surface area contributed by atoms with Crippen LogP contribution in [0.25, 0.3) is 0 Å². The van der Waals surface area contributed by atoms with Crippen molar-refractivity contribution in [2.75, 3.05) is 20.1 Å². The first kappa shape index (κ1) is 15.9. The molecule has 1 atom stereocenters. The summed E-state index contributed by atoms with van der Waals surface area (Å²) in [5, 5.41) is 3.56. The molecule has 0 amide bonds. The van der Waals surface area contributed by atoms with Crippen LogP contribution in [0.5, 0.6) is 0 Å². The van der Waals surface area contributed by atoms with Gasteiger partial charge in [0, 0.05) is 18.6 Å². The Morgan fingerprint density at radius 1 is 1.06 bits per heavy atom. The second kappa shape index (κ2) is 9.00. The minimum Gasteiger partial charge on any atom is -0.315 e. The molecule has 0 spiro atoms. The molecule has 0 aliphatic rings. The number of nitrogens with zero attached hydrogens (tertiary/aromatic N) is 1. The van der Waals surface area contributed by atoms with E-state index in [1.54, 1.807) is 0 Å². The predicted molar refractivity (Wildman–Crippen MR) is 73.9 cm³/mol. The van der Waals surface area contributed by atoms with E-state index in [0.717, 1.165) is 25.0 Å². The number of nitrogens with one attached hydrogen (secondary N) is 1. The highest BCUT2D eigenvalue weighted by molar-refractivity contribution is 4.73. The van der Waals surface area contributed by atoms with E-state index >= 15 is 0 Å². The standard InChI is InChI=1S/C14H32N2/c1-7-14(8-2)16(6)13(5)11-15-10-9-12(3)4/h12-15H,7-11H2,1-6H3. The van der Waals surface area contributed by atoms with Gasteiger partial charge in [0.05, 0.1) is 0 Å². The molecule has 0 fully saturated rings. The first-order chi connectivity index (χ1) is 7.52. The summed E-state index contributed by atoms with van der Waals surface area (Å²) in [6.45, 7) is 13.7. The Balaban J connectivity index is 3.73. The molecular formula is C14H32N2. The van der Waals surface area contributed by atoms with Gasteiger partial charge in [0.15, 0.2) is 0 Å². The summed E-state index contributed by atoms with van der Waals surface area (Å²) >= 11 is 0. The number of likely N-dealkylation sites (N-methyl/N-ethyl adjacent to an activating group) is 1. The summed E-state index contributed by atoms with van der Waals surface area (Å²) in [4.78, 5) is 2.52. The quantitative estimate of drug-likeness (QED) is 0.610. The highest BCUT2D eigenvalue weighted by atomic mass is 15.2. The Kier molecular flexibility index (Phi) is 8.96. The maximum Gasteiger partial charge on any atom is 0.0192 e. The second-order valence-electron chi connectivity index (χ2n) is 5.37. The molecule has 0 aromatic heterocycles. The molecule has 0 aliphatic carbocycles. The van der Waals surface area contributed by atoms with Crippen LogP contribution in [-0.2, 0) is 0 Å². The van der Waals surface area contributed by atoms with Gasteiger partial charge in [-0.15, -0.1) is 0 Å². The SMILES string of the molecule is CCC(CC)N(C)C(C)CNCCC(C)C. The molecule has 2 nitrogen and oxygen atoms in total. The molecule has 0 aromatic rings. The Morgan fingerprint density at radius 2 is 1.62 bits per heavy atom. The second-order valence-corrected chi connectivity index (χ2v) is 5.37. The Bertz CT molecular complexity index is 153. The fourth-order valence-electron chi connectivity index (χ4n) is 2.07. The normalized spacial score (nSPS) is 14.1. The van der Waals surface area contributed by atoms with Crippen LogP contribution < -0.4 is 5.32 Å². The maximum absolute atomic E-state index is 3.56. The van der Waals surface area contributed by atoms with E-state index in [2.05, 4.69) is 51.9 Å². The summed E-state index contributed by atoms with van der Waals surface area (Å²) in [7, 11) is 2.26. The van der Waals surface area contributed by atoms with E-state index in [-0.39, 0.29) is 0 Å². The van der Waals surface area contributed by atoms with Crippen molar-refractivity contribution in [2.45, 2.75) is 66.0 Å². The van der Waals surface area contributed by atoms with Crippen LogP contribution in [0.15, 0.2) is 0 Å². The van der Waals surface area contributed by atoms with Crippen LogP contribution in [0.1, 0.15) is 53.9 Å². The van der Waals surface area contributed by atoms with Gasteiger partial charge in [-0.05, 0) is 45.7 Å². The van der Waals surface area contributed by atoms with Crippen molar-refractivity contribution in [2.24, 2.45) is 5.92 Å². The van der Waals surface area contributed by atoms with Crippen LogP contribution in [0.4, 0.5) is 0 Å². The van der Waals surface area contributed by atoms with Crippen molar-refractivity contribution in [3.05, 3.63) is 0 Å². The van der Waals surface area contributed by atoms with E-state index < -0.39 is 0 Å². The van der Waals surface area contributed by atoms with Crippen molar-refractivity contribution >= 4 is 0 Å². The number of hydrogen-bond acceptors (Lipinski definition) is 2. The Hall–Kier alpha value is -0.0800. The summed E-state index contributed by atoms with van der Waals surface area (Å²) in [6.07, 6.45) is 3.79. The third-order valence-electron chi connectivity index (χ3n) is 3.55. The first-order valence-electron chi connectivity index (χ1n) is 6.95. The molecule has 0 saturated carbocycles. The van der Waals surface area contributed by atoms with Crippen molar-refractivity contribution in [3.8, 4) is 0 Å². The number of rotatable bonds is 9. The summed E-state index contributed by atoms with van der Waals surface area (Å²) in [5.74, 6) is 0.805. The molecule has 2 heteroatoms. The van der Waals surface area contributed by atoms with Gasteiger partial charge in [-0.2, -0.15) is 0 Å². The van der Waals surface area contributed by atoms with E-state index in [4.69, 9.17) is 0 Å². The lowest BCUT2D eigenvalue weighted by Gasteiger charge is -2.32. The average molecular weight is 228 g/mol. The van der Waals surface area contributed by atoms with Crippen LogP contribution in [-0.4, -0.2) is 37.1 Å². The summed E-state index contributed by atoms with van der Waals surface area (Å²) < 4.78 is 0. The van der Waals surface area contributed by atoms with E-state index in [1.165, 1.54) is 19.3 Å². The van der Waals surface area contributed by atoms with Crippen LogP contribution in [0.3, 0.4) is 0 Å². The van der Waals surface area contributed by atoms with Gasteiger partial charge in [0.1, 0.15) is 0 Å². The van der Waals surface area contributed by atoms with E-state index in [9.17, 15) is 0 Å². The monoisotopic (exact) mass is 228 g/mol. The molecule has 1 N–H and O–H groups in total. The van der Waals surface area contributed by atoms with Gasteiger partial charge >= 0.3 is 0 Å². The van der Waals surface area contributed by atoms with Crippen LogP contribution in [0.2, 0.25) is 0 Å². The van der Waals surface area contributed by atoms with E-state index in [1.807, 2.05) is 0 Å². The average Bonchev–Trinajstić information content (AvgIpc) is 2.25. The molecule has 16 heavy (non-hydrogen) atoms. The third-order valence-corrected chi connectivity index (χ3v) is 3.55. The maximum atomic E-state index is 3.56. The van der Waals surface area contributed by atoms with Gasteiger partial charge in [-0.3, -0.25) is 4.90 Å². The summed E-state index contributed by atoms with van der Waals surface area (Å²) in [5.41, 5.74) is 0. The lowest BCUT2D eigenvalue weighted by Crippen LogP contribution is -2.43. The highest BCUT2D eigenvalue weighted by Crippen LogP contribution is 2.09. The molecule has 0 saturated heterocycles. The Labute approximate surface area is 103 Å². The highest BCUT2D eigenvalue weighted by Gasteiger charge is 2.15. The first-order valence-corrected chi connectivity index (χ1v) is 6.95. The van der Waals surface area contributed by atoms with Gasteiger partial charge in [-0.1, -0.05) is 27.7 Å². The van der Waals surface area contributed by atoms with Gasteiger partial charge in [-0.25, -0.2) is 0 Å². The molecule has 98 valence electrons. The van der Waals surface area contributed by atoms with Crippen LogP contribution >= 0.6 is 0 Å². The fourth-order valence-corrected chi connectivity index (χ4v) is 2.07. The third kappa shape index (κ3) is 6.49. The molecule has 1 unspecified atom stereocenters. The fraction of sp³-hybridized carbons (Fsp3) is 1.00. The largest absolute Gasteiger partial charge is 0.315 e. The van der Waals surface area contributed by atoms with Gasteiger partial charge in [0.25, 0.3) is 0 Å². The Morgan fingerprint density at radius 3 is 2.06 bits per heavy atom.